The first-order chi connectivity index (χ1) is 12.8. The summed E-state index contributed by atoms with van der Waals surface area (Å²) in [5.41, 5.74) is -2.41. The largest absolute Gasteiger partial charge is 0.444 e. The number of amides is 1. The SMILES string of the molecule is CC(C)(C)OC(=O)N1CCC[C@@H](Nc2cc(C(F)(F)F)c(Br)cc2[N+](=O)[O-])C1. The molecule has 0 aliphatic carbocycles. The molecule has 0 saturated carbocycles. The second kappa shape index (κ2) is 8.14. The van der Waals surface area contributed by atoms with E-state index in [1.807, 2.05) is 0 Å². The second-order valence-electron chi connectivity index (χ2n) is 7.51. The zero-order valence-electron chi connectivity index (χ0n) is 15.6. The molecule has 0 aromatic heterocycles. The molecule has 1 atom stereocenters. The van der Waals surface area contributed by atoms with Gasteiger partial charge in [0.15, 0.2) is 0 Å². The number of halogens is 4. The number of carbonyl (C=O) groups excluding carboxylic acids is 1. The number of nitrogens with zero attached hydrogens (tertiary/aromatic N) is 2. The van der Waals surface area contributed by atoms with Crippen LogP contribution in [0.25, 0.3) is 0 Å². The van der Waals surface area contributed by atoms with Gasteiger partial charge in [-0.1, -0.05) is 0 Å². The van der Waals surface area contributed by atoms with Crippen LogP contribution in [0.3, 0.4) is 0 Å². The Labute approximate surface area is 168 Å². The molecule has 1 saturated heterocycles. The molecule has 11 heteroatoms. The Morgan fingerprint density at radius 3 is 2.54 bits per heavy atom. The zero-order chi connectivity index (χ0) is 21.3. The molecule has 156 valence electrons. The highest BCUT2D eigenvalue weighted by atomic mass is 79.9. The van der Waals surface area contributed by atoms with Crippen molar-refractivity contribution in [2.45, 2.75) is 51.4 Å². The maximum atomic E-state index is 13.2. The highest BCUT2D eigenvalue weighted by Crippen LogP contribution is 2.40. The van der Waals surface area contributed by atoms with Gasteiger partial charge in [-0.2, -0.15) is 13.2 Å². The summed E-state index contributed by atoms with van der Waals surface area (Å²) in [5.74, 6) is 0. The minimum Gasteiger partial charge on any atom is -0.444 e. The van der Waals surface area contributed by atoms with Crippen LogP contribution in [0, 0.1) is 10.1 Å². The highest BCUT2D eigenvalue weighted by Gasteiger charge is 2.36. The van der Waals surface area contributed by atoms with Gasteiger partial charge in [0, 0.05) is 29.7 Å². The van der Waals surface area contributed by atoms with Crippen molar-refractivity contribution in [3.8, 4) is 0 Å². The van der Waals surface area contributed by atoms with Crippen molar-refractivity contribution in [3.05, 3.63) is 32.3 Å². The summed E-state index contributed by atoms with van der Waals surface area (Å²) >= 11 is 2.75. The van der Waals surface area contributed by atoms with E-state index in [1.54, 1.807) is 20.8 Å². The Balaban J connectivity index is 2.24. The fourth-order valence-electron chi connectivity index (χ4n) is 2.85. The molecular formula is C17H21BrF3N3O4. The molecule has 0 radical (unpaired) electrons. The van der Waals surface area contributed by atoms with Crippen LogP contribution in [-0.2, 0) is 10.9 Å². The van der Waals surface area contributed by atoms with E-state index in [1.165, 1.54) is 4.90 Å². The van der Waals surface area contributed by atoms with Gasteiger partial charge in [0.1, 0.15) is 11.3 Å². The first-order valence-corrected chi connectivity index (χ1v) is 9.37. The number of nitro benzene ring substituents is 1. The lowest BCUT2D eigenvalue weighted by atomic mass is 10.0. The molecule has 1 N–H and O–H groups in total. The minimum absolute atomic E-state index is 0.170. The van der Waals surface area contributed by atoms with E-state index in [0.29, 0.717) is 25.5 Å². The van der Waals surface area contributed by atoms with Crippen molar-refractivity contribution in [1.29, 1.82) is 0 Å². The number of hydrogen-bond donors (Lipinski definition) is 1. The van der Waals surface area contributed by atoms with Crippen molar-refractivity contribution < 1.29 is 27.6 Å². The van der Waals surface area contributed by atoms with E-state index in [-0.39, 0.29) is 12.2 Å². The number of nitrogens with one attached hydrogen (secondary N) is 1. The number of alkyl halides is 3. The Morgan fingerprint density at radius 2 is 2.00 bits per heavy atom. The van der Waals surface area contributed by atoms with Gasteiger partial charge in [-0.15, -0.1) is 0 Å². The van der Waals surface area contributed by atoms with Crippen molar-refractivity contribution in [1.82, 2.24) is 4.90 Å². The molecule has 1 aromatic rings. The number of likely N-dealkylation sites (tertiary alicyclic amines) is 1. The van der Waals surface area contributed by atoms with Gasteiger partial charge in [0.05, 0.1) is 10.5 Å². The first kappa shape index (κ1) is 22.3. The zero-order valence-corrected chi connectivity index (χ0v) is 17.2. The van der Waals surface area contributed by atoms with Crippen LogP contribution >= 0.6 is 15.9 Å². The molecule has 1 aliphatic rings. The molecule has 0 spiro atoms. The van der Waals surface area contributed by atoms with Gasteiger partial charge < -0.3 is 15.0 Å². The Kier molecular flexibility index (Phi) is 6.47. The van der Waals surface area contributed by atoms with Crippen molar-refractivity contribution >= 4 is 33.4 Å². The van der Waals surface area contributed by atoms with Gasteiger partial charge in [0.25, 0.3) is 5.69 Å². The monoisotopic (exact) mass is 467 g/mol. The lowest BCUT2D eigenvalue weighted by Gasteiger charge is -2.34. The fourth-order valence-corrected chi connectivity index (χ4v) is 3.41. The maximum absolute atomic E-state index is 13.2. The second-order valence-corrected chi connectivity index (χ2v) is 8.37. The van der Waals surface area contributed by atoms with Gasteiger partial charge in [-0.05, 0) is 55.6 Å². The Bertz CT molecular complexity index is 765. The average Bonchev–Trinajstić information content (AvgIpc) is 2.53. The standard InChI is InChI=1S/C17H21BrF3N3O4/c1-16(2,3)28-15(25)23-6-4-5-10(9-23)22-13-7-11(17(19,20)21)12(18)8-14(13)24(26)27/h7-8,10,22H,4-6,9H2,1-3H3/t10-/m1/s1. The average molecular weight is 468 g/mol. The smallest absolute Gasteiger partial charge is 0.417 e. The predicted octanol–water partition coefficient (Wildman–Crippen LogP) is 5.19. The topological polar surface area (TPSA) is 84.7 Å². The minimum atomic E-state index is -4.67. The van der Waals surface area contributed by atoms with Crippen LogP contribution in [0.1, 0.15) is 39.2 Å². The van der Waals surface area contributed by atoms with E-state index in [2.05, 4.69) is 21.2 Å². The fraction of sp³-hybridized carbons (Fsp3) is 0.588. The molecule has 1 amide bonds. The third-order valence-electron chi connectivity index (χ3n) is 4.02. The normalized spacial score (nSPS) is 18.0. The summed E-state index contributed by atoms with van der Waals surface area (Å²) in [7, 11) is 0. The van der Waals surface area contributed by atoms with Crippen molar-refractivity contribution in [2.75, 3.05) is 18.4 Å². The van der Waals surface area contributed by atoms with Gasteiger partial charge in [-0.25, -0.2) is 4.79 Å². The van der Waals surface area contributed by atoms with Crippen molar-refractivity contribution in [3.63, 3.8) is 0 Å². The van der Waals surface area contributed by atoms with Crippen LogP contribution in [0.2, 0.25) is 0 Å². The number of anilines is 1. The van der Waals surface area contributed by atoms with E-state index in [9.17, 15) is 28.1 Å². The Morgan fingerprint density at radius 1 is 1.36 bits per heavy atom. The van der Waals surface area contributed by atoms with E-state index < -0.39 is 44.6 Å². The molecule has 1 aliphatic heterocycles. The van der Waals surface area contributed by atoms with Gasteiger partial charge in [-0.3, -0.25) is 10.1 Å². The van der Waals surface area contributed by atoms with Crippen LogP contribution in [-0.4, -0.2) is 40.6 Å². The number of piperidine rings is 1. The highest BCUT2D eigenvalue weighted by molar-refractivity contribution is 9.10. The lowest BCUT2D eigenvalue weighted by molar-refractivity contribution is -0.384. The molecule has 0 unspecified atom stereocenters. The van der Waals surface area contributed by atoms with Gasteiger partial charge in [0.2, 0.25) is 0 Å². The summed E-state index contributed by atoms with van der Waals surface area (Å²) in [5, 5.41) is 14.1. The summed E-state index contributed by atoms with van der Waals surface area (Å²) < 4.78 is 44.4. The number of hydrogen-bond acceptors (Lipinski definition) is 5. The maximum Gasteiger partial charge on any atom is 0.417 e. The number of rotatable bonds is 3. The molecule has 1 aromatic carbocycles. The molecule has 0 bridgehead atoms. The molecular weight excluding hydrogens is 447 g/mol. The molecule has 28 heavy (non-hydrogen) atoms. The molecule has 1 fully saturated rings. The van der Waals surface area contributed by atoms with E-state index in [4.69, 9.17) is 4.74 Å². The summed E-state index contributed by atoms with van der Waals surface area (Å²) in [6, 6.07) is 1.11. The van der Waals surface area contributed by atoms with E-state index >= 15 is 0 Å². The van der Waals surface area contributed by atoms with Crippen LogP contribution in [0.4, 0.5) is 29.3 Å². The summed E-state index contributed by atoms with van der Waals surface area (Å²) in [6.45, 7) is 5.81. The van der Waals surface area contributed by atoms with Crippen molar-refractivity contribution in [2.24, 2.45) is 0 Å². The van der Waals surface area contributed by atoms with Crippen LogP contribution < -0.4 is 5.32 Å². The summed E-state index contributed by atoms with van der Waals surface area (Å²) in [6.07, 6.45) is -4.05. The summed E-state index contributed by atoms with van der Waals surface area (Å²) in [4.78, 5) is 24.2. The number of benzene rings is 1. The molecule has 7 nitrogen and oxygen atoms in total. The quantitative estimate of drug-likeness (QED) is 0.488. The predicted molar refractivity (Wildman–Crippen MR) is 100 cm³/mol. The first-order valence-electron chi connectivity index (χ1n) is 8.57. The lowest BCUT2D eigenvalue weighted by Crippen LogP contribution is -2.47. The number of carbonyl (C=O) groups is 1. The van der Waals surface area contributed by atoms with Crippen LogP contribution in [0.15, 0.2) is 16.6 Å². The van der Waals surface area contributed by atoms with Gasteiger partial charge >= 0.3 is 12.3 Å². The third kappa shape index (κ3) is 5.73. The number of nitro groups is 1. The third-order valence-corrected chi connectivity index (χ3v) is 4.68. The van der Waals surface area contributed by atoms with Crippen LogP contribution in [0.5, 0.6) is 0 Å². The Hall–Kier alpha value is -2.04. The number of ether oxygens (including phenoxy) is 1. The van der Waals surface area contributed by atoms with E-state index in [0.717, 1.165) is 6.07 Å². The molecule has 1 heterocycles. The molecule has 2 rings (SSSR count).